The number of halogens is 1. The fraction of sp³-hybridized carbons (Fsp3) is 0.143. The highest BCUT2D eigenvalue weighted by atomic mass is 35.5. The summed E-state index contributed by atoms with van der Waals surface area (Å²) < 4.78 is 9.48. The van der Waals surface area contributed by atoms with Crippen LogP contribution in [-0.2, 0) is 0 Å². The molecule has 0 radical (unpaired) electrons. The van der Waals surface area contributed by atoms with Gasteiger partial charge in [0.1, 0.15) is 11.5 Å². The molecule has 0 amide bonds. The molecule has 0 unspecified atom stereocenters. The Bertz CT molecular complexity index is 292. The summed E-state index contributed by atoms with van der Waals surface area (Å²) in [7, 11) is -0.396. The average Bonchev–Trinajstić information content (AvgIpc) is 2.08. The third-order valence-corrected chi connectivity index (χ3v) is 1.68. The van der Waals surface area contributed by atoms with Crippen molar-refractivity contribution in [2.75, 3.05) is 7.11 Å². The molecular weight excluding hydrogens is 194 g/mol. The predicted octanol–water partition coefficient (Wildman–Crippen LogP) is 0.697. The first kappa shape index (κ1) is 10.2. The van der Waals surface area contributed by atoms with Crippen LogP contribution in [0.4, 0.5) is 0 Å². The van der Waals surface area contributed by atoms with Crippen molar-refractivity contribution in [2.24, 2.45) is 0 Å². The minimum atomic E-state index is -1.88. The van der Waals surface area contributed by atoms with E-state index in [0.717, 1.165) is 0 Å². The number of benzene rings is 1. The lowest BCUT2D eigenvalue weighted by molar-refractivity contribution is 0.287. The molecule has 0 aromatic heterocycles. The van der Waals surface area contributed by atoms with E-state index in [0.29, 0.717) is 5.75 Å². The van der Waals surface area contributed by atoms with E-state index in [1.165, 1.54) is 19.2 Å². The molecule has 0 aliphatic carbocycles. The zero-order chi connectivity index (χ0) is 9.84. The second kappa shape index (κ2) is 4.36. The van der Waals surface area contributed by atoms with Gasteiger partial charge in [-0.15, -0.1) is 0 Å². The lowest BCUT2D eigenvalue weighted by Crippen LogP contribution is -2.20. The van der Waals surface area contributed by atoms with Crippen molar-refractivity contribution in [2.45, 2.75) is 0 Å². The van der Waals surface area contributed by atoms with Gasteiger partial charge in [0.25, 0.3) is 0 Å². The van der Waals surface area contributed by atoms with Crippen molar-refractivity contribution in [3.05, 3.63) is 23.2 Å². The highest BCUT2D eigenvalue weighted by Gasteiger charge is 2.14. The summed E-state index contributed by atoms with van der Waals surface area (Å²) >= 11 is 5.69. The van der Waals surface area contributed by atoms with Gasteiger partial charge in [0.2, 0.25) is 0 Å². The zero-order valence-electron chi connectivity index (χ0n) is 6.90. The molecule has 0 saturated heterocycles. The van der Waals surface area contributed by atoms with Crippen LogP contribution >= 0.6 is 11.6 Å². The maximum Gasteiger partial charge on any atom is 0.707 e. The first-order valence-corrected chi connectivity index (χ1v) is 3.87. The lowest BCUT2D eigenvalue weighted by Gasteiger charge is -2.08. The van der Waals surface area contributed by atoms with Crippen LogP contribution in [0.2, 0.25) is 5.02 Å². The molecular formula is C7H8BClO4. The van der Waals surface area contributed by atoms with Crippen molar-refractivity contribution < 1.29 is 19.4 Å². The van der Waals surface area contributed by atoms with E-state index in [-0.39, 0.29) is 10.8 Å². The Morgan fingerprint density at radius 3 is 2.62 bits per heavy atom. The van der Waals surface area contributed by atoms with E-state index in [1.54, 1.807) is 6.07 Å². The quantitative estimate of drug-likeness (QED) is 0.708. The summed E-state index contributed by atoms with van der Waals surface area (Å²) in [5.74, 6) is 0.691. The molecule has 2 N–H and O–H groups in total. The second-order valence-corrected chi connectivity index (χ2v) is 2.65. The highest BCUT2D eigenvalue weighted by molar-refractivity contribution is 6.36. The maximum absolute atomic E-state index is 8.53. The summed E-state index contributed by atoms with van der Waals surface area (Å²) in [6.07, 6.45) is 0. The first-order chi connectivity index (χ1) is 6.13. The van der Waals surface area contributed by atoms with Gasteiger partial charge >= 0.3 is 7.32 Å². The van der Waals surface area contributed by atoms with Crippen molar-refractivity contribution >= 4 is 18.9 Å². The van der Waals surface area contributed by atoms with Gasteiger partial charge in [-0.05, 0) is 12.1 Å². The molecule has 0 aliphatic rings. The topological polar surface area (TPSA) is 58.9 Å². The predicted molar refractivity (Wildman–Crippen MR) is 48.8 cm³/mol. The molecule has 70 valence electrons. The van der Waals surface area contributed by atoms with E-state index in [9.17, 15) is 0 Å². The Kier molecular flexibility index (Phi) is 3.42. The summed E-state index contributed by atoms with van der Waals surface area (Å²) in [5.41, 5.74) is 0. The lowest BCUT2D eigenvalue weighted by atomic mass is 10.2. The van der Waals surface area contributed by atoms with Crippen molar-refractivity contribution in [3.63, 3.8) is 0 Å². The summed E-state index contributed by atoms with van der Waals surface area (Å²) in [6.45, 7) is 0. The largest absolute Gasteiger partial charge is 0.707 e. The summed E-state index contributed by atoms with van der Waals surface area (Å²) in [4.78, 5) is 0. The van der Waals surface area contributed by atoms with Gasteiger partial charge in [-0.25, -0.2) is 0 Å². The molecule has 1 rings (SSSR count). The number of rotatable bonds is 3. The SMILES string of the molecule is COc1ccc(Cl)c(OB(O)O)c1. The minimum Gasteiger partial charge on any atom is -0.511 e. The number of hydrogen-bond acceptors (Lipinski definition) is 4. The van der Waals surface area contributed by atoms with Crippen LogP contribution in [-0.4, -0.2) is 24.5 Å². The van der Waals surface area contributed by atoms with Gasteiger partial charge in [0.15, 0.2) is 0 Å². The molecule has 13 heavy (non-hydrogen) atoms. The van der Waals surface area contributed by atoms with Crippen LogP contribution in [0, 0.1) is 0 Å². The van der Waals surface area contributed by atoms with Gasteiger partial charge in [-0.3, -0.25) is 0 Å². The molecule has 0 atom stereocenters. The molecule has 6 heteroatoms. The Hall–Kier alpha value is -0.905. The molecule has 0 spiro atoms. The van der Waals surface area contributed by atoms with E-state index in [1.807, 2.05) is 0 Å². The monoisotopic (exact) mass is 202 g/mol. The van der Waals surface area contributed by atoms with Crippen LogP contribution in [0.5, 0.6) is 11.5 Å². The molecule has 0 fully saturated rings. The van der Waals surface area contributed by atoms with Crippen LogP contribution in [0.25, 0.3) is 0 Å². The van der Waals surface area contributed by atoms with Gasteiger partial charge in [-0.1, -0.05) is 11.6 Å². The smallest absolute Gasteiger partial charge is 0.511 e. The highest BCUT2D eigenvalue weighted by Crippen LogP contribution is 2.28. The Morgan fingerprint density at radius 1 is 1.38 bits per heavy atom. The van der Waals surface area contributed by atoms with Gasteiger partial charge in [-0.2, -0.15) is 0 Å². The molecule has 0 bridgehead atoms. The van der Waals surface area contributed by atoms with Crippen LogP contribution in [0.15, 0.2) is 18.2 Å². The van der Waals surface area contributed by atoms with Gasteiger partial charge < -0.3 is 19.4 Å². The third kappa shape index (κ3) is 2.80. The standard InChI is InChI=1S/C7H8BClO4/c1-12-5-2-3-6(9)7(4-5)13-8(10)11/h2-4,10-11H,1H3. The van der Waals surface area contributed by atoms with Gasteiger partial charge in [0, 0.05) is 6.07 Å². The molecule has 1 aromatic rings. The number of methoxy groups -OCH3 is 1. The molecule has 4 nitrogen and oxygen atoms in total. The summed E-state index contributed by atoms with van der Waals surface area (Å²) in [6, 6.07) is 4.64. The van der Waals surface area contributed by atoms with E-state index < -0.39 is 7.32 Å². The fourth-order valence-corrected chi connectivity index (χ4v) is 0.977. The van der Waals surface area contributed by atoms with Crippen LogP contribution < -0.4 is 9.39 Å². The number of hydrogen-bond donors (Lipinski definition) is 2. The molecule has 1 aromatic carbocycles. The summed E-state index contributed by atoms with van der Waals surface area (Å²) in [5, 5.41) is 17.3. The normalized spacial score (nSPS) is 9.54. The molecule has 0 saturated carbocycles. The van der Waals surface area contributed by atoms with Crippen molar-refractivity contribution in [3.8, 4) is 11.5 Å². The van der Waals surface area contributed by atoms with Crippen LogP contribution in [0.3, 0.4) is 0 Å². The Morgan fingerprint density at radius 2 is 2.08 bits per heavy atom. The van der Waals surface area contributed by atoms with Crippen molar-refractivity contribution in [1.29, 1.82) is 0 Å². The van der Waals surface area contributed by atoms with Gasteiger partial charge in [0.05, 0.1) is 12.1 Å². The van der Waals surface area contributed by atoms with E-state index >= 15 is 0 Å². The maximum atomic E-state index is 8.53. The van der Waals surface area contributed by atoms with E-state index in [2.05, 4.69) is 4.65 Å². The fourth-order valence-electron chi connectivity index (χ4n) is 0.815. The average molecular weight is 202 g/mol. The van der Waals surface area contributed by atoms with Crippen LogP contribution in [0.1, 0.15) is 0 Å². The Labute approximate surface area is 80.8 Å². The van der Waals surface area contributed by atoms with E-state index in [4.69, 9.17) is 26.4 Å². The second-order valence-electron chi connectivity index (χ2n) is 2.24. The third-order valence-electron chi connectivity index (χ3n) is 1.37. The molecule has 0 aliphatic heterocycles. The minimum absolute atomic E-state index is 0.163. The number of ether oxygens (including phenoxy) is 1. The first-order valence-electron chi connectivity index (χ1n) is 3.50. The Balaban J connectivity index is 2.90. The van der Waals surface area contributed by atoms with Crippen molar-refractivity contribution in [1.82, 2.24) is 0 Å². The molecule has 0 heterocycles. The zero-order valence-corrected chi connectivity index (χ0v) is 7.65.